The maximum absolute atomic E-state index is 14.0. The number of likely N-dealkylation sites (tertiary alicyclic amines) is 1. The molecule has 2 aromatic carbocycles. The number of halogens is 1. The van der Waals surface area contributed by atoms with E-state index in [0.29, 0.717) is 19.6 Å². The number of thiazole rings is 1. The zero-order valence-corrected chi connectivity index (χ0v) is 19.7. The molecule has 1 aromatic heterocycles. The van der Waals surface area contributed by atoms with Crippen LogP contribution in [0, 0.1) is 5.82 Å². The molecule has 0 saturated carbocycles. The Morgan fingerprint density at radius 1 is 1.03 bits per heavy atom. The summed E-state index contributed by atoms with van der Waals surface area (Å²) in [6.07, 6.45) is 1.99. The second-order valence-corrected chi connectivity index (χ2v) is 11.3. The van der Waals surface area contributed by atoms with E-state index in [1.807, 2.05) is 18.2 Å². The first-order valence-corrected chi connectivity index (χ1v) is 13.3. The first kappa shape index (κ1) is 22.4. The number of rotatable bonds is 5. The molecule has 0 aliphatic carbocycles. The van der Waals surface area contributed by atoms with E-state index in [1.165, 1.54) is 22.5 Å². The van der Waals surface area contributed by atoms with Gasteiger partial charge in [0.15, 0.2) is 0 Å². The summed E-state index contributed by atoms with van der Waals surface area (Å²) in [6.45, 7) is 2.04. The van der Waals surface area contributed by atoms with Gasteiger partial charge in [-0.1, -0.05) is 24.3 Å². The van der Waals surface area contributed by atoms with Gasteiger partial charge in [-0.15, -0.1) is 11.3 Å². The van der Waals surface area contributed by atoms with Gasteiger partial charge in [0.2, 0.25) is 15.9 Å². The van der Waals surface area contributed by atoms with Gasteiger partial charge in [0.25, 0.3) is 0 Å². The van der Waals surface area contributed by atoms with Crippen molar-refractivity contribution in [3.8, 4) is 0 Å². The van der Waals surface area contributed by atoms with Crippen LogP contribution >= 0.6 is 11.3 Å². The van der Waals surface area contributed by atoms with Crippen LogP contribution in [0.25, 0.3) is 10.2 Å². The van der Waals surface area contributed by atoms with Crippen LogP contribution < -0.4 is 0 Å². The maximum Gasteiger partial charge on any atom is 0.246 e. The molecule has 0 radical (unpaired) electrons. The first-order valence-electron chi connectivity index (χ1n) is 11.1. The fourth-order valence-corrected chi connectivity index (χ4v) is 7.20. The van der Waals surface area contributed by atoms with Crippen molar-refractivity contribution in [2.45, 2.75) is 23.8 Å². The van der Waals surface area contributed by atoms with Crippen LogP contribution in [-0.4, -0.2) is 72.7 Å². The van der Waals surface area contributed by atoms with Crippen molar-refractivity contribution in [2.24, 2.45) is 0 Å². The molecule has 0 N–H and O–H groups in total. The quantitative estimate of drug-likeness (QED) is 0.552. The van der Waals surface area contributed by atoms with Crippen molar-refractivity contribution in [2.75, 3.05) is 39.3 Å². The van der Waals surface area contributed by atoms with Crippen LogP contribution in [-0.2, 0) is 14.8 Å². The third-order valence-electron chi connectivity index (χ3n) is 6.34. The number of benzene rings is 2. The topological polar surface area (TPSA) is 73.8 Å². The molecule has 2 fully saturated rings. The van der Waals surface area contributed by atoms with E-state index in [4.69, 9.17) is 4.98 Å². The Labute approximate surface area is 196 Å². The molecule has 2 aliphatic heterocycles. The molecule has 1 amide bonds. The van der Waals surface area contributed by atoms with Gasteiger partial charge in [0.05, 0.1) is 22.8 Å². The fraction of sp³-hybridized carbons (Fsp3) is 0.391. The van der Waals surface area contributed by atoms with E-state index < -0.39 is 15.8 Å². The third-order valence-corrected chi connectivity index (χ3v) is 9.41. The van der Waals surface area contributed by atoms with E-state index in [0.717, 1.165) is 40.7 Å². The number of nitrogens with zero attached hydrogens (tertiary/aromatic N) is 4. The number of carbonyl (C=O) groups is 1. The highest BCUT2D eigenvalue weighted by atomic mass is 32.2. The van der Waals surface area contributed by atoms with Crippen LogP contribution in [0.15, 0.2) is 53.4 Å². The van der Waals surface area contributed by atoms with E-state index in [2.05, 4.69) is 11.0 Å². The number of para-hydroxylation sites is 1. The van der Waals surface area contributed by atoms with Gasteiger partial charge in [-0.3, -0.25) is 9.69 Å². The molecular formula is C23H25FN4O3S2. The zero-order valence-electron chi connectivity index (χ0n) is 18.1. The van der Waals surface area contributed by atoms with Gasteiger partial charge in [0, 0.05) is 26.2 Å². The van der Waals surface area contributed by atoms with Crippen LogP contribution in [0.4, 0.5) is 4.39 Å². The van der Waals surface area contributed by atoms with Gasteiger partial charge in [-0.25, -0.2) is 17.8 Å². The van der Waals surface area contributed by atoms with Crippen LogP contribution in [0.1, 0.15) is 23.9 Å². The number of piperazine rings is 1. The van der Waals surface area contributed by atoms with Gasteiger partial charge < -0.3 is 4.90 Å². The maximum atomic E-state index is 14.0. The van der Waals surface area contributed by atoms with E-state index in [1.54, 1.807) is 16.2 Å². The average Bonchev–Trinajstić information content (AvgIpc) is 3.45. The van der Waals surface area contributed by atoms with Crippen LogP contribution in [0.2, 0.25) is 0 Å². The molecule has 0 bridgehead atoms. The summed E-state index contributed by atoms with van der Waals surface area (Å²) in [6, 6.07) is 13.6. The molecule has 7 nitrogen and oxygen atoms in total. The lowest BCUT2D eigenvalue weighted by Gasteiger charge is -2.35. The summed E-state index contributed by atoms with van der Waals surface area (Å²) in [5.41, 5.74) is 0.989. The predicted octanol–water partition coefficient (Wildman–Crippen LogP) is 3.11. The Morgan fingerprint density at radius 3 is 2.52 bits per heavy atom. The Bertz CT molecular complexity index is 1240. The molecule has 5 rings (SSSR count). The molecule has 2 saturated heterocycles. The fourth-order valence-electron chi connectivity index (χ4n) is 4.57. The van der Waals surface area contributed by atoms with Gasteiger partial charge in [-0.05, 0) is 43.7 Å². The number of aromatic nitrogens is 1. The second-order valence-electron chi connectivity index (χ2n) is 8.36. The van der Waals surface area contributed by atoms with Crippen molar-refractivity contribution in [1.29, 1.82) is 0 Å². The van der Waals surface area contributed by atoms with E-state index >= 15 is 0 Å². The van der Waals surface area contributed by atoms with Crippen molar-refractivity contribution in [3.63, 3.8) is 0 Å². The first-order chi connectivity index (χ1) is 15.9. The summed E-state index contributed by atoms with van der Waals surface area (Å²) < 4.78 is 42.1. The van der Waals surface area contributed by atoms with Gasteiger partial charge in [0.1, 0.15) is 15.7 Å². The van der Waals surface area contributed by atoms with Crippen molar-refractivity contribution >= 4 is 37.5 Å². The molecule has 174 valence electrons. The Kier molecular flexibility index (Phi) is 6.17. The average molecular weight is 489 g/mol. The normalized spacial score (nSPS) is 20.5. The molecule has 0 spiro atoms. The van der Waals surface area contributed by atoms with Crippen LogP contribution in [0.5, 0.6) is 0 Å². The van der Waals surface area contributed by atoms with E-state index in [9.17, 15) is 17.6 Å². The Morgan fingerprint density at radius 2 is 1.76 bits per heavy atom. The summed E-state index contributed by atoms with van der Waals surface area (Å²) in [4.78, 5) is 21.4. The summed E-state index contributed by atoms with van der Waals surface area (Å²) >= 11 is 1.68. The predicted molar refractivity (Wildman–Crippen MR) is 125 cm³/mol. The largest absolute Gasteiger partial charge is 0.339 e. The lowest BCUT2D eigenvalue weighted by atomic mass is 10.2. The smallest absolute Gasteiger partial charge is 0.246 e. The van der Waals surface area contributed by atoms with E-state index in [-0.39, 0.29) is 29.9 Å². The SMILES string of the molecule is O=C(CN1CCCC1c1nc2ccccc2s1)N1CCN(S(=O)(=O)c2ccccc2F)CC1. The number of hydrogen-bond donors (Lipinski definition) is 0. The number of sulfonamides is 1. The highest BCUT2D eigenvalue weighted by Crippen LogP contribution is 2.36. The second kappa shape index (κ2) is 9.09. The summed E-state index contributed by atoms with van der Waals surface area (Å²) in [7, 11) is -3.92. The highest BCUT2D eigenvalue weighted by molar-refractivity contribution is 7.89. The van der Waals surface area contributed by atoms with Gasteiger partial charge >= 0.3 is 0 Å². The number of fused-ring (bicyclic) bond motifs is 1. The lowest BCUT2D eigenvalue weighted by molar-refractivity contribution is -0.133. The molecule has 3 aromatic rings. The number of carbonyl (C=O) groups excluding carboxylic acids is 1. The standard InChI is InChI=1S/C23H25FN4O3S2/c24-17-6-1-4-10-21(17)33(30,31)28-14-12-26(13-15-28)22(29)16-27-11-5-8-19(27)23-25-18-7-2-3-9-20(18)32-23/h1-4,6-7,9-10,19H,5,8,11-16H2. The number of hydrogen-bond acceptors (Lipinski definition) is 6. The molecule has 2 aliphatic rings. The monoisotopic (exact) mass is 488 g/mol. The Balaban J connectivity index is 1.22. The molecule has 10 heteroatoms. The van der Waals surface area contributed by atoms with Gasteiger partial charge in [-0.2, -0.15) is 4.31 Å². The van der Waals surface area contributed by atoms with Crippen molar-refractivity contribution in [3.05, 3.63) is 59.4 Å². The molecule has 3 heterocycles. The molecule has 1 unspecified atom stereocenters. The third kappa shape index (κ3) is 4.40. The Hall–Kier alpha value is -2.40. The highest BCUT2D eigenvalue weighted by Gasteiger charge is 2.34. The number of amides is 1. The molecular weight excluding hydrogens is 463 g/mol. The minimum atomic E-state index is -3.92. The summed E-state index contributed by atoms with van der Waals surface area (Å²) in [5, 5.41) is 1.04. The minimum Gasteiger partial charge on any atom is -0.339 e. The van der Waals surface area contributed by atoms with Crippen molar-refractivity contribution < 1.29 is 17.6 Å². The van der Waals surface area contributed by atoms with Crippen LogP contribution in [0.3, 0.4) is 0 Å². The molecule has 1 atom stereocenters. The summed E-state index contributed by atoms with van der Waals surface area (Å²) in [5.74, 6) is -0.767. The minimum absolute atomic E-state index is 0.00838. The van der Waals surface area contributed by atoms with Crippen molar-refractivity contribution in [1.82, 2.24) is 19.1 Å². The lowest BCUT2D eigenvalue weighted by Crippen LogP contribution is -2.52. The zero-order chi connectivity index (χ0) is 23.0. The molecule has 33 heavy (non-hydrogen) atoms.